The summed E-state index contributed by atoms with van der Waals surface area (Å²) in [7, 11) is 0. The van der Waals surface area contributed by atoms with Crippen molar-refractivity contribution in [2.45, 2.75) is 26.9 Å². The van der Waals surface area contributed by atoms with Gasteiger partial charge in [-0.25, -0.2) is 0 Å². The normalized spacial score (nSPS) is 10.6. The summed E-state index contributed by atoms with van der Waals surface area (Å²) in [6.07, 6.45) is 4.81. The van der Waals surface area contributed by atoms with Crippen LogP contribution in [0.5, 0.6) is 0 Å². The lowest BCUT2D eigenvalue weighted by Gasteiger charge is -2.08. The van der Waals surface area contributed by atoms with Crippen molar-refractivity contribution in [3.63, 3.8) is 0 Å². The molecule has 0 aliphatic rings. The van der Waals surface area contributed by atoms with Gasteiger partial charge >= 0.3 is 0 Å². The molecule has 0 bridgehead atoms. The lowest BCUT2D eigenvalue weighted by Crippen LogP contribution is -2.15. The Morgan fingerprint density at radius 2 is 2.21 bits per heavy atom. The highest BCUT2D eigenvalue weighted by molar-refractivity contribution is 5.47. The average Bonchev–Trinajstić information content (AvgIpc) is 2.85. The maximum Gasteiger partial charge on any atom is 0.278 e. The minimum atomic E-state index is -0.355. The van der Waals surface area contributed by atoms with Crippen LogP contribution in [0.2, 0.25) is 0 Å². The van der Waals surface area contributed by atoms with Crippen LogP contribution in [0.4, 0.5) is 5.69 Å². The van der Waals surface area contributed by atoms with Gasteiger partial charge in [0.2, 0.25) is 0 Å². The van der Waals surface area contributed by atoms with Crippen molar-refractivity contribution in [1.29, 1.82) is 0 Å². The monoisotopic (exact) mass is 261 g/mol. The summed E-state index contributed by atoms with van der Waals surface area (Å²) in [6.45, 7) is 4.55. The van der Waals surface area contributed by atoms with Crippen molar-refractivity contribution in [1.82, 2.24) is 10.3 Å². The molecule has 0 saturated carbocycles. The van der Waals surface area contributed by atoms with E-state index in [2.05, 4.69) is 10.3 Å². The summed E-state index contributed by atoms with van der Waals surface area (Å²) in [4.78, 5) is 14.9. The van der Waals surface area contributed by atoms with Crippen molar-refractivity contribution >= 4 is 5.69 Å². The molecule has 0 spiro atoms. The Kier molecular flexibility index (Phi) is 3.91. The highest BCUT2D eigenvalue weighted by Gasteiger charge is 2.18. The predicted molar refractivity (Wildman–Crippen MR) is 69.6 cm³/mol. The van der Waals surface area contributed by atoms with E-state index in [-0.39, 0.29) is 10.6 Å². The van der Waals surface area contributed by atoms with E-state index in [0.29, 0.717) is 29.9 Å². The van der Waals surface area contributed by atoms with Gasteiger partial charge in [-0.15, -0.1) is 0 Å². The molecule has 6 heteroatoms. The molecule has 0 aliphatic heterocycles. The predicted octanol–water partition coefficient (Wildman–Crippen LogP) is 2.49. The number of nitrogens with one attached hydrogen (secondary N) is 1. The zero-order chi connectivity index (χ0) is 13.8. The minimum absolute atomic E-state index is 0.148. The first kappa shape index (κ1) is 13.2. The number of hydrogen-bond donors (Lipinski definition) is 1. The first-order valence-corrected chi connectivity index (χ1v) is 5.91. The summed E-state index contributed by atoms with van der Waals surface area (Å²) >= 11 is 0. The Morgan fingerprint density at radius 3 is 2.84 bits per heavy atom. The summed E-state index contributed by atoms with van der Waals surface area (Å²) in [5, 5.41) is 14.2. The second-order valence-corrected chi connectivity index (χ2v) is 4.35. The third-order valence-electron chi connectivity index (χ3n) is 2.96. The van der Waals surface area contributed by atoms with Crippen LogP contribution < -0.4 is 5.32 Å². The van der Waals surface area contributed by atoms with Crippen LogP contribution in [0.15, 0.2) is 29.2 Å². The number of pyridine rings is 1. The van der Waals surface area contributed by atoms with Crippen molar-refractivity contribution in [3.8, 4) is 0 Å². The molecule has 2 rings (SSSR count). The number of nitrogens with zero attached hydrogens (tertiary/aromatic N) is 2. The number of aromatic nitrogens is 1. The van der Waals surface area contributed by atoms with Gasteiger partial charge < -0.3 is 9.73 Å². The van der Waals surface area contributed by atoms with Gasteiger partial charge in [0, 0.05) is 36.0 Å². The second kappa shape index (κ2) is 5.62. The highest BCUT2D eigenvalue weighted by atomic mass is 16.6. The number of nitro groups is 1. The molecule has 19 heavy (non-hydrogen) atoms. The first-order valence-electron chi connectivity index (χ1n) is 5.91. The summed E-state index contributed by atoms with van der Waals surface area (Å²) in [6, 6.07) is 1.87. The molecule has 100 valence electrons. The molecule has 0 radical (unpaired) electrons. The molecule has 2 aromatic rings. The van der Waals surface area contributed by atoms with Gasteiger partial charge in [-0.2, -0.15) is 0 Å². The topological polar surface area (TPSA) is 81.2 Å². The van der Waals surface area contributed by atoms with E-state index >= 15 is 0 Å². The second-order valence-electron chi connectivity index (χ2n) is 4.35. The van der Waals surface area contributed by atoms with E-state index in [1.54, 1.807) is 32.6 Å². The maximum absolute atomic E-state index is 11.0. The Labute approximate surface area is 110 Å². The SMILES string of the molecule is Cc1cnc(CNCc2ccoc2)c(C)c1[N+](=O)[O-]. The standard InChI is InChI=1S/C13H15N3O3/c1-9-5-15-12(10(2)13(9)16(17)18)7-14-6-11-3-4-19-8-11/h3-5,8,14H,6-7H2,1-2H3. The number of furan rings is 1. The maximum atomic E-state index is 11.0. The van der Waals surface area contributed by atoms with Crippen LogP contribution in [-0.2, 0) is 13.1 Å². The van der Waals surface area contributed by atoms with Crippen molar-refractivity contribution < 1.29 is 9.34 Å². The Balaban J connectivity index is 2.08. The fourth-order valence-corrected chi connectivity index (χ4v) is 1.94. The van der Waals surface area contributed by atoms with Crippen molar-refractivity contribution in [3.05, 3.63) is 57.3 Å². The molecule has 2 aromatic heterocycles. The molecular formula is C13H15N3O3. The van der Waals surface area contributed by atoms with Crippen LogP contribution in [0.1, 0.15) is 22.4 Å². The molecule has 6 nitrogen and oxygen atoms in total. The third kappa shape index (κ3) is 2.97. The number of hydrogen-bond acceptors (Lipinski definition) is 5. The largest absolute Gasteiger partial charge is 0.472 e. The van der Waals surface area contributed by atoms with Crippen molar-refractivity contribution in [2.24, 2.45) is 0 Å². The zero-order valence-electron chi connectivity index (χ0n) is 10.8. The van der Waals surface area contributed by atoms with E-state index < -0.39 is 0 Å². The van der Waals surface area contributed by atoms with Crippen LogP contribution in [0.3, 0.4) is 0 Å². The zero-order valence-corrected chi connectivity index (χ0v) is 10.8. The quantitative estimate of drug-likeness (QED) is 0.660. The smallest absolute Gasteiger partial charge is 0.278 e. The Hall–Kier alpha value is -2.21. The van der Waals surface area contributed by atoms with Gasteiger partial charge in [-0.3, -0.25) is 15.1 Å². The summed E-state index contributed by atoms with van der Waals surface area (Å²) in [5.41, 5.74) is 3.07. The minimum Gasteiger partial charge on any atom is -0.472 e. The summed E-state index contributed by atoms with van der Waals surface area (Å²) < 4.78 is 4.96. The van der Waals surface area contributed by atoms with Gasteiger partial charge in [-0.1, -0.05) is 0 Å². The fourth-order valence-electron chi connectivity index (χ4n) is 1.94. The molecule has 0 aliphatic carbocycles. The fraction of sp³-hybridized carbons (Fsp3) is 0.308. The van der Waals surface area contributed by atoms with Gasteiger partial charge in [0.1, 0.15) is 0 Å². The van der Waals surface area contributed by atoms with E-state index in [0.717, 1.165) is 5.56 Å². The molecule has 0 aromatic carbocycles. The molecule has 0 fully saturated rings. The van der Waals surface area contributed by atoms with E-state index in [9.17, 15) is 10.1 Å². The average molecular weight is 261 g/mol. The molecule has 0 unspecified atom stereocenters. The Morgan fingerprint density at radius 1 is 1.42 bits per heavy atom. The molecule has 0 saturated heterocycles. The van der Waals surface area contributed by atoms with Crippen LogP contribution in [0.25, 0.3) is 0 Å². The number of rotatable bonds is 5. The van der Waals surface area contributed by atoms with E-state index in [1.165, 1.54) is 0 Å². The van der Waals surface area contributed by atoms with Gasteiger partial charge in [-0.05, 0) is 19.9 Å². The molecule has 0 atom stereocenters. The van der Waals surface area contributed by atoms with Crippen molar-refractivity contribution in [2.75, 3.05) is 0 Å². The molecule has 0 amide bonds. The molecule has 1 N–H and O–H groups in total. The number of aryl methyl sites for hydroxylation is 1. The van der Waals surface area contributed by atoms with Gasteiger partial charge in [0.25, 0.3) is 5.69 Å². The van der Waals surface area contributed by atoms with Gasteiger partial charge in [0.15, 0.2) is 0 Å². The highest BCUT2D eigenvalue weighted by Crippen LogP contribution is 2.23. The third-order valence-corrected chi connectivity index (χ3v) is 2.96. The molecule has 2 heterocycles. The lowest BCUT2D eigenvalue weighted by molar-refractivity contribution is -0.386. The van der Waals surface area contributed by atoms with Crippen LogP contribution >= 0.6 is 0 Å². The lowest BCUT2D eigenvalue weighted by atomic mass is 10.1. The van der Waals surface area contributed by atoms with Crippen LogP contribution in [-0.4, -0.2) is 9.91 Å². The Bertz CT molecular complexity index is 579. The molecular weight excluding hydrogens is 246 g/mol. The van der Waals surface area contributed by atoms with E-state index in [4.69, 9.17) is 4.42 Å². The van der Waals surface area contributed by atoms with E-state index in [1.807, 2.05) is 6.07 Å². The van der Waals surface area contributed by atoms with Gasteiger partial charge in [0.05, 0.1) is 23.1 Å². The summed E-state index contributed by atoms with van der Waals surface area (Å²) in [5.74, 6) is 0. The first-order chi connectivity index (χ1) is 9.09. The van der Waals surface area contributed by atoms with Crippen LogP contribution in [0, 0.1) is 24.0 Å².